The molecule has 0 saturated heterocycles. The minimum absolute atomic E-state index is 0.201. The number of hydrogen-bond donors (Lipinski definition) is 4. The second-order valence-electron chi connectivity index (χ2n) is 9.89. The number of nitrogens with zero attached hydrogens (tertiary/aromatic N) is 1. The van der Waals surface area contributed by atoms with E-state index in [1.54, 1.807) is 19.1 Å². The van der Waals surface area contributed by atoms with Crippen LogP contribution >= 0.6 is 0 Å². The van der Waals surface area contributed by atoms with Gasteiger partial charge in [0.2, 0.25) is 5.91 Å². The number of amides is 1. The van der Waals surface area contributed by atoms with E-state index in [-0.39, 0.29) is 50.0 Å². The Balaban J connectivity index is 1.77. The predicted molar refractivity (Wildman–Crippen MR) is 137 cm³/mol. The molecule has 1 aliphatic rings. The molecule has 1 aromatic carbocycles. The fourth-order valence-corrected chi connectivity index (χ4v) is 4.59. The van der Waals surface area contributed by atoms with Crippen molar-refractivity contribution in [1.29, 1.82) is 0 Å². The summed E-state index contributed by atoms with van der Waals surface area (Å²) < 4.78 is 38.7. The highest BCUT2D eigenvalue weighted by Crippen LogP contribution is 2.36. The van der Waals surface area contributed by atoms with Crippen molar-refractivity contribution >= 4 is 5.91 Å². The number of carbonyl (C=O) groups is 1. The maximum atomic E-state index is 12.9. The summed E-state index contributed by atoms with van der Waals surface area (Å²) >= 11 is 0. The number of nitrogens with one attached hydrogen (secondary N) is 1. The molecule has 1 unspecified atom stereocenters. The second kappa shape index (κ2) is 15.6. The molecule has 0 aromatic heterocycles. The number of rotatable bonds is 15. The first-order chi connectivity index (χ1) is 18.4. The van der Waals surface area contributed by atoms with Crippen LogP contribution in [0.15, 0.2) is 48.6 Å². The Bertz CT molecular complexity index is 986. The Morgan fingerprint density at radius 3 is 2.72 bits per heavy atom. The van der Waals surface area contributed by atoms with E-state index in [0.29, 0.717) is 24.8 Å². The van der Waals surface area contributed by atoms with Crippen LogP contribution in [0.2, 0.25) is 0 Å². The highest BCUT2D eigenvalue weighted by Gasteiger charge is 2.39. The molecular weight excluding hydrogens is 521 g/mol. The van der Waals surface area contributed by atoms with Crippen LogP contribution in [0.25, 0.3) is 0 Å². The van der Waals surface area contributed by atoms with E-state index in [1.807, 2.05) is 12.2 Å². The number of aliphatic hydroxyl groups excluding tert-OH is 3. The third kappa shape index (κ3) is 11.8. The maximum absolute atomic E-state index is 12.9. The predicted octanol–water partition coefficient (Wildman–Crippen LogP) is 3.74. The lowest BCUT2D eigenvalue weighted by Gasteiger charge is -2.19. The largest absolute Gasteiger partial charge is 0.416 e. The fourth-order valence-electron chi connectivity index (χ4n) is 4.59. The lowest BCUT2D eigenvalue weighted by Crippen LogP contribution is -2.36. The highest BCUT2D eigenvalue weighted by molar-refractivity contribution is 5.76. The van der Waals surface area contributed by atoms with Gasteiger partial charge >= 0.3 is 6.18 Å². The molecule has 1 aromatic rings. The smallest absolute Gasteiger partial charge is 0.393 e. The van der Waals surface area contributed by atoms with E-state index in [9.17, 15) is 43.4 Å². The van der Waals surface area contributed by atoms with Gasteiger partial charge in [0.25, 0.3) is 5.09 Å². The van der Waals surface area contributed by atoms with Crippen molar-refractivity contribution in [2.45, 2.75) is 82.4 Å². The summed E-state index contributed by atoms with van der Waals surface area (Å²) in [6.45, 7) is 1.37. The van der Waals surface area contributed by atoms with Crippen molar-refractivity contribution in [3.8, 4) is 0 Å². The summed E-state index contributed by atoms with van der Waals surface area (Å²) in [4.78, 5) is 26.3. The van der Waals surface area contributed by atoms with Gasteiger partial charge in [-0.3, -0.25) is 4.79 Å². The van der Waals surface area contributed by atoms with Gasteiger partial charge in [0.05, 0.1) is 23.9 Å². The van der Waals surface area contributed by atoms with Crippen molar-refractivity contribution in [1.82, 2.24) is 5.32 Å². The number of alkyl halides is 3. The van der Waals surface area contributed by atoms with E-state index in [4.69, 9.17) is 0 Å². The van der Waals surface area contributed by atoms with Crippen LogP contribution in [0.4, 0.5) is 13.2 Å². The monoisotopic (exact) mass is 558 g/mol. The second-order valence-corrected chi connectivity index (χ2v) is 9.89. The van der Waals surface area contributed by atoms with E-state index in [1.165, 1.54) is 12.1 Å². The summed E-state index contributed by atoms with van der Waals surface area (Å²) in [7, 11) is 0. The Hall–Kier alpha value is -2.96. The number of halogens is 3. The third-order valence-electron chi connectivity index (χ3n) is 6.64. The van der Waals surface area contributed by atoms with Crippen molar-refractivity contribution < 1.29 is 43.2 Å². The topological polar surface area (TPSA) is 142 Å². The number of hydrogen-bond acceptors (Lipinski definition) is 7. The molecular formula is C27H37F3N2O7. The summed E-state index contributed by atoms with van der Waals surface area (Å²) in [5.74, 6) is -0.899. The zero-order valence-corrected chi connectivity index (χ0v) is 21.8. The summed E-state index contributed by atoms with van der Waals surface area (Å²) in [6.07, 6.45) is 2.64. The molecule has 1 aliphatic carbocycles. The molecule has 9 nitrogen and oxygen atoms in total. The van der Waals surface area contributed by atoms with Gasteiger partial charge in [-0.15, -0.1) is 10.1 Å². The van der Waals surface area contributed by atoms with Gasteiger partial charge in [0.15, 0.2) is 0 Å². The average molecular weight is 559 g/mol. The van der Waals surface area contributed by atoms with Crippen LogP contribution in [0.1, 0.15) is 56.6 Å². The van der Waals surface area contributed by atoms with Crippen LogP contribution in [0.5, 0.6) is 0 Å². The number of aliphatic hydroxyl groups is 3. The number of benzene rings is 1. The van der Waals surface area contributed by atoms with Crippen molar-refractivity contribution in [3.63, 3.8) is 0 Å². The number of aryl methyl sites for hydroxylation is 1. The Morgan fingerprint density at radius 2 is 2.03 bits per heavy atom. The van der Waals surface area contributed by atoms with Gasteiger partial charge in [0.1, 0.15) is 6.61 Å². The number of allylic oxidation sites excluding steroid dienone is 2. The lowest BCUT2D eigenvalue weighted by atomic mass is 9.89. The minimum atomic E-state index is -4.43. The molecule has 39 heavy (non-hydrogen) atoms. The maximum Gasteiger partial charge on any atom is 0.416 e. The van der Waals surface area contributed by atoms with Crippen LogP contribution in [-0.2, 0) is 22.2 Å². The van der Waals surface area contributed by atoms with Crippen molar-refractivity contribution in [2.75, 3.05) is 6.61 Å². The molecule has 2 rings (SSSR count). The molecule has 1 saturated carbocycles. The summed E-state index contributed by atoms with van der Waals surface area (Å²) in [5, 5.41) is 43.0. The SMILES string of the molecule is CC(CO[N+](=O)[O-])NC(=O)CCC/C=C\C[C@@H]1[C@@H](/C=C/[C@@H](O)CCc2cccc(C(F)(F)F)c2)[C@H](O)C[C@@H]1O. The standard InChI is InChI=1S/C27H37F3N2O7/c1-18(17-39-32(37)38)31-26(36)10-5-3-2-4-9-22-23(25(35)16-24(22)34)14-13-21(33)12-11-19-7-6-8-20(15-19)27(28,29)30/h2,4,6-8,13-15,18,21-25,33-35H,3,5,9-12,16-17H2,1H3,(H,31,36)/b4-2-,14-13+/t18?,21-,22+,23+,24-,25+/m0/s1. The van der Waals surface area contributed by atoms with E-state index >= 15 is 0 Å². The van der Waals surface area contributed by atoms with E-state index in [0.717, 1.165) is 12.1 Å². The van der Waals surface area contributed by atoms with Gasteiger partial charge in [-0.2, -0.15) is 13.2 Å². The average Bonchev–Trinajstić information content (AvgIpc) is 3.13. The molecule has 4 N–H and O–H groups in total. The van der Waals surface area contributed by atoms with E-state index in [2.05, 4.69) is 10.2 Å². The Kier molecular flexibility index (Phi) is 12.9. The zero-order valence-electron chi connectivity index (χ0n) is 21.8. The van der Waals surface area contributed by atoms with Crippen LogP contribution < -0.4 is 5.32 Å². The normalized spacial score (nSPS) is 23.3. The van der Waals surface area contributed by atoms with Crippen LogP contribution in [-0.4, -0.2) is 57.3 Å². The fraction of sp³-hybridized carbons (Fsp3) is 0.593. The first-order valence-electron chi connectivity index (χ1n) is 13.0. The number of unbranched alkanes of at least 4 members (excludes halogenated alkanes) is 1. The summed E-state index contributed by atoms with van der Waals surface area (Å²) in [6, 6.07) is 4.49. The molecule has 1 amide bonds. The third-order valence-corrected chi connectivity index (χ3v) is 6.64. The summed E-state index contributed by atoms with van der Waals surface area (Å²) in [5.41, 5.74) is -0.269. The van der Waals surface area contributed by atoms with Gasteiger partial charge in [-0.1, -0.05) is 42.5 Å². The van der Waals surface area contributed by atoms with Crippen molar-refractivity contribution in [3.05, 3.63) is 69.8 Å². The van der Waals surface area contributed by atoms with Gasteiger partial charge < -0.3 is 25.5 Å². The van der Waals surface area contributed by atoms with Gasteiger partial charge in [-0.25, -0.2) is 0 Å². The molecule has 1 fully saturated rings. The number of carbonyl (C=O) groups excluding carboxylic acids is 1. The minimum Gasteiger partial charge on any atom is -0.393 e. The molecule has 0 heterocycles. The first-order valence-corrected chi connectivity index (χ1v) is 13.0. The quantitative estimate of drug-likeness (QED) is 0.111. The van der Waals surface area contributed by atoms with Crippen LogP contribution in [0.3, 0.4) is 0 Å². The molecule has 6 atom stereocenters. The molecule has 218 valence electrons. The highest BCUT2D eigenvalue weighted by atomic mass is 19.4. The first kappa shape index (κ1) is 32.3. The van der Waals surface area contributed by atoms with Gasteiger partial charge in [0, 0.05) is 24.8 Å². The molecule has 0 aliphatic heterocycles. The Morgan fingerprint density at radius 1 is 1.28 bits per heavy atom. The molecule has 0 spiro atoms. The molecule has 0 radical (unpaired) electrons. The molecule has 0 bridgehead atoms. The Labute approximate surface area is 225 Å². The lowest BCUT2D eigenvalue weighted by molar-refractivity contribution is -0.758. The van der Waals surface area contributed by atoms with Crippen molar-refractivity contribution in [2.24, 2.45) is 11.8 Å². The zero-order chi connectivity index (χ0) is 29.0. The molecule has 12 heteroatoms. The van der Waals surface area contributed by atoms with Crippen LogP contribution in [0, 0.1) is 22.0 Å². The van der Waals surface area contributed by atoms with Gasteiger partial charge in [-0.05, 0) is 56.6 Å². The van der Waals surface area contributed by atoms with E-state index < -0.39 is 41.2 Å².